The number of pyridine rings is 1. The summed E-state index contributed by atoms with van der Waals surface area (Å²) in [6.45, 7) is 1.41. The summed E-state index contributed by atoms with van der Waals surface area (Å²) in [6.07, 6.45) is 2.70. The third-order valence-electron chi connectivity index (χ3n) is 4.90. The number of ether oxygens (including phenoxy) is 1. The number of nitrogens with zero attached hydrogens (tertiary/aromatic N) is 2. The molecular weight excluding hydrogens is 336 g/mol. The van der Waals surface area contributed by atoms with Gasteiger partial charge in [-0.25, -0.2) is 0 Å². The Bertz CT molecular complexity index is 1050. The van der Waals surface area contributed by atoms with Crippen LogP contribution in [0.15, 0.2) is 60.8 Å². The minimum atomic E-state index is -0.556. The van der Waals surface area contributed by atoms with E-state index < -0.39 is 6.10 Å². The highest BCUT2D eigenvalue weighted by atomic mass is 16.5. The smallest absolute Gasteiger partial charge is 0.303 e. The molecule has 0 fully saturated rings. The Labute approximate surface area is 158 Å². The van der Waals surface area contributed by atoms with E-state index in [0.29, 0.717) is 18.4 Å². The first kappa shape index (κ1) is 17.0. The minimum Gasteiger partial charge on any atom is -0.453 e. The molecule has 0 amide bonds. The summed E-state index contributed by atoms with van der Waals surface area (Å²) >= 11 is 0. The van der Waals surface area contributed by atoms with Crippen molar-refractivity contribution in [3.8, 4) is 17.2 Å². The average molecular weight is 354 g/mol. The number of carbonyl (C=O) groups is 1. The van der Waals surface area contributed by atoms with E-state index in [0.717, 1.165) is 33.5 Å². The summed E-state index contributed by atoms with van der Waals surface area (Å²) in [5.74, 6) is -0.355. The molecule has 0 saturated heterocycles. The Morgan fingerprint density at radius 3 is 2.63 bits per heavy atom. The molecule has 1 heterocycles. The number of hydrogen-bond donors (Lipinski definition) is 0. The van der Waals surface area contributed by atoms with Gasteiger partial charge < -0.3 is 4.74 Å². The zero-order chi connectivity index (χ0) is 18.8. The normalized spacial score (nSPS) is 15.0. The Balaban J connectivity index is 1.90. The summed E-state index contributed by atoms with van der Waals surface area (Å²) in [4.78, 5) is 16.5. The monoisotopic (exact) mass is 354 g/mol. The zero-order valence-corrected chi connectivity index (χ0v) is 15.0. The Hall–Kier alpha value is -3.45. The van der Waals surface area contributed by atoms with Gasteiger partial charge in [0, 0.05) is 35.5 Å². The Morgan fingerprint density at radius 2 is 1.89 bits per heavy atom. The van der Waals surface area contributed by atoms with Gasteiger partial charge >= 0.3 is 5.97 Å². The second-order valence-corrected chi connectivity index (χ2v) is 6.60. The predicted molar refractivity (Wildman–Crippen MR) is 102 cm³/mol. The molecule has 0 radical (unpaired) electrons. The van der Waals surface area contributed by atoms with Crippen molar-refractivity contribution < 1.29 is 9.53 Å². The second kappa shape index (κ2) is 7.05. The number of carbonyl (C=O) groups excluding carboxylic acids is 1. The molecule has 2 aromatic carbocycles. The van der Waals surface area contributed by atoms with Gasteiger partial charge in [-0.3, -0.25) is 9.78 Å². The molecule has 0 spiro atoms. The predicted octanol–water partition coefficient (Wildman–Crippen LogP) is 4.37. The van der Waals surface area contributed by atoms with E-state index in [2.05, 4.69) is 17.1 Å². The Morgan fingerprint density at radius 1 is 1.07 bits per heavy atom. The number of fused-ring (bicyclic) bond motifs is 2. The summed E-state index contributed by atoms with van der Waals surface area (Å²) in [6, 6.07) is 19.9. The van der Waals surface area contributed by atoms with Crippen molar-refractivity contribution in [1.29, 1.82) is 5.26 Å². The molecular formula is C23H18N2O2. The average Bonchev–Trinajstić information content (AvgIpc) is 2.85. The first-order valence-corrected chi connectivity index (χ1v) is 8.90. The summed E-state index contributed by atoms with van der Waals surface area (Å²) < 4.78 is 5.73. The van der Waals surface area contributed by atoms with E-state index in [9.17, 15) is 10.1 Å². The molecule has 4 heteroatoms. The minimum absolute atomic E-state index is 0.355. The van der Waals surface area contributed by atoms with Gasteiger partial charge in [0.25, 0.3) is 0 Å². The molecule has 1 aliphatic rings. The van der Waals surface area contributed by atoms with E-state index in [1.165, 1.54) is 6.92 Å². The molecule has 1 aromatic heterocycles. The van der Waals surface area contributed by atoms with Crippen LogP contribution >= 0.6 is 0 Å². The number of nitriles is 1. The van der Waals surface area contributed by atoms with Gasteiger partial charge in [-0.1, -0.05) is 42.5 Å². The summed E-state index contributed by atoms with van der Waals surface area (Å²) in [7, 11) is 0. The molecule has 0 saturated carbocycles. The van der Waals surface area contributed by atoms with Crippen LogP contribution in [0.4, 0.5) is 0 Å². The van der Waals surface area contributed by atoms with Gasteiger partial charge in [0.2, 0.25) is 0 Å². The highest BCUT2D eigenvalue weighted by molar-refractivity contribution is 5.68. The molecule has 0 N–H and O–H groups in total. The quantitative estimate of drug-likeness (QED) is 0.641. The van der Waals surface area contributed by atoms with Crippen LogP contribution in [0.2, 0.25) is 0 Å². The van der Waals surface area contributed by atoms with E-state index in [-0.39, 0.29) is 5.97 Å². The van der Waals surface area contributed by atoms with Gasteiger partial charge in [0.15, 0.2) is 6.10 Å². The maximum atomic E-state index is 11.8. The lowest BCUT2D eigenvalue weighted by Crippen LogP contribution is -2.13. The van der Waals surface area contributed by atoms with Gasteiger partial charge in [-0.2, -0.15) is 5.26 Å². The number of hydrogen-bond acceptors (Lipinski definition) is 4. The van der Waals surface area contributed by atoms with Crippen LogP contribution in [-0.2, 0) is 22.4 Å². The lowest BCUT2D eigenvalue weighted by molar-refractivity contribution is -0.144. The fourth-order valence-corrected chi connectivity index (χ4v) is 3.67. The zero-order valence-electron chi connectivity index (χ0n) is 15.0. The maximum absolute atomic E-state index is 11.8. The SMILES string of the molecule is CC(=O)OC1c2cc(-c3ccccc3)cnc2CCc2c(C#N)cccc21. The van der Waals surface area contributed by atoms with E-state index in [4.69, 9.17) is 4.74 Å². The second-order valence-electron chi connectivity index (χ2n) is 6.60. The van der Waals surface area contributed by atoms with Crippen molar-refractivity contribution in [2.45, 2.75) is 25.9 Å². The molecule has 1 atom stereocenters. The molecule has 0 bridgehead atoms. The van der Waals surface area contributed by atoms with Crippen molar-refractivity contribution >= 4 is 5.97 Å². The third-order valence-corrected chi connectivity index (χ3v) is 4.90. The van der Waals surface area contributed by atoms with Crippen molar-refractivity contribution in [2.75, 3.05) is 0 Å². The third kappa shape index (κ3) is 3.20. The van der Waals surface area contributed by atoms with Crippen LogP contribution in [0.5, 0.6) is 0 Å². The van der Waals surface area contributed by atoms with Crippen molar-refractivity contribution in [1.82, 2.24) is 4.98 Å². The largest absolute Gasteiger partial charge is 0.453 e. The van der Waals surface area contributed by atoms with Crippen molar-refractivity contribution in [3.63, 3.8) is 0 Å². The van der Waals surface area contributed by atoms with E-state index in [1.807, 2.05) is 54.7 Å². The van der Waals surface area contributed by atoms with Gasteiger partial charge in [0.05, 0.1) is 11.6 Å². The molecule has 3 aromatic rings. The highest BCUT2D eigenvalue weighted by Gasteiger charge is 2.28. The summed E-state index contributed by atoms with van der Waals surface area (Å²) in [5, 5.41) is 9.49. The molecule has 0 aliphatic heterocycles. The lowest BCUT2D eigenvalue weighted by atomic mass is 9.94. The van der Waals surface area contributed by atoms with Gasteiger partial charge in [-0.05, 0) is 36.1 Å². The first-order valence-electron chi connectivity index (χ1n) is 8.90. The van der Waals surface area contributed by atoms with Crippen molar-refractivity contribution in [2.24, 2.45) is 0 Å². The molecule has 4 rings (SSSR count). The number of aromatic nitrogens is 1. The molecule has 27 heavy (non-hydrogen) atoms. The number of benzene rings is 2. The van der Waals surface area contributed by atoms with Crippen LogP contribution in [0.3, 0.4) is 0 Å². The number of aryl methyl sites for hydroxylation is 1. The first-order chi connectivity index (χ1) is 13.2. The van der Waals surface area contributed by atoms with E-state index in [1.54, 1.807) is 0 Å². The van der Waals surface area contributed by atoms with Gasteiger partial charge in [0.1, 0.15) is 0 Å². The fourth-order valence-electron chi connectivity index (χ4n) is 3.67. The number of rotatable bonds is 2. The van der Waals surface area contributed by atoms with Crippen molar-refractivity contribution in [3.05, 3.63) is 88.7 Å². The lowest BCUT2D eigenvalue weighted by Gasteiger charge is -2.21. The van der Waals surface area contributed by atoms with E-state index >= 15 is 0 Å². The van der Waals surface area contributed by atoms with Crippen LogP contribution in [0, 0.1) is 11.3 Å². The standard InChI is InChI=1S/C23H18N2O2/c1-15(26)27-23-20-9-5-8-17(13-24)19(20)10-11-22-21(23)12-18(14-25-22)16-6-3-2-4-7-16/h2-9,12,14,23H,10-11H2,1H3. The number of esters is 1. The van der Waals surface area contributed by atoms with Crippen LogP contribution in [0.25, 0.3) is 11.1 Å². The summed E-state index contributed by atoms with van der Waals surface area (Å²) in [5.41, 5.74) is 6.26. The van der Waals surface area contributed by atoms with Gasteiger partial charge in [-0.15, -0.1) is 0 Å². The fraction of sp³-hybridized carbons (Fsp3) is 0.174. The molecule has 1 aliphatic carbocycles. The van der Waals surface area contributed by atoms with Crippen LogP contribution < -0.4 is 0 Å². The molecule has 4 nitrogen and oxygen atoms in total. The maximum Gasteiger partial charge on any atom is 0.303 e. The Kier molecular flexibility index (Phi) is 4.43. The highest BCUT2D eigenvalue weighted by Crippen LogP contribution is 2.37. The molecule has 1 unspecified atom stereocenters. The van der Waals surface area contributed by atoms with Crippen LogP contribution in [0.1, 0.15) is 41.0 Å². The molecule has 132 valence electrons. The topological polar surface area (TPSA) is 63.0 Å². The van der Waals surface area contributed by atoms with Crippen LogP contribution in [-0.4, -0.2) is 11.0 Å².